The molecule has 2 aromatic heterocycles. The molecule has 30 heavy (non-hydrogen) atoms. The van der Waals surface area contributed by atoms with Gasteiger partial charge in [-0.15, -0.1) is 11.3 Å². The Hall–Kier alpha value is -2.64. The third kappa shape index (κ3) is 3.52. The number of anilines is 1. The number of nitrogens with zero attached hydrogens (tertiary/aromatic N) is 3. The summed E-state index contributed by atoms with van der Waals surface area (Å²) in [7, 11) is 1.74. The topological polar surface area (TPSA) is 41.6 Å². The maximum absolute atomic E-state index is 13.6. The average molecular weight is 426 g/mol. The van der Waals surface area contributed by atoms with E-state index in [9.17, 15) is 9.18 Å². The van der Waals surface area contributed by atoms with Gasteiger partial charge in [0.05, 0.1) is 11.2 Å². The highest BCUT2D eigenvalue weighted by molar-refractivity contribution is 7.17. The fourth-order valence-corrected chi connectivity index (χ4v) is 5.32. The number of halogens is 1. The molecule has 0 atom stereocenters. The van der Waals surface area contributed by atoms with E-state index in [0.717, 1.165) is 66.9 Å². The van der Waals surface area contributed by atoms with Crippen LogP contribution in [0.25, 0.3) is 21.2 Å². The molecule has 0 aliphatic carbocycles. The molecule has 2 aromatic carbocycles. The van der Waals surface area contributed by atoms with Crippen LogP contribution >= 0.6 is 11.3 Å². The van der Waals surface area contributed by atoms with E-state index in [1.807, 2.05) is 24.3 Å². The number of rotatable bonds is 5. The van der Waals surface area contributed by atoms with Gasteiger partial charge in [0.2, 0.25) is 0 Å². The van der Waals surface area contributed by atoms with Gasteiger partial charge in [-0.2, -0.15) is 0 Å². The summed E-state index contributed by atoms with van der Waals surface area (Å²) < 4.78 is 21.8. The molecule has 1 fully saturated rings. The lowest BCUT2D eigenvalue weighted by Crippen LogP contribution is -2.46. The zero-order valence-corrected chi connectivity index (χ0v) is 17.8. The number of thiophene rings is 1. The first-order valence-corrected chi connectivity index (χ1v) is 11.2. The molecule has 7 heteroatoms. The number of aryl methyl sites for hydroxylation is 2. The van der Waals surface area contributed by atoms with Crippen molar-refractivity contribution in [3.05, 3.63) is 63.7 Å². The quantitative estimate of drug-likeness (QED) is 0.480. The maximum atomic E-state index is 13.6. The molecule has 0 N–H and O–H groups in total. The zero-order valence-electron chi connectivity index (χ0n) is 16.9. The lowest BCUT2D eigenvalue weighted by Gasteiger charge is -2.36. The highest BCUT2D eigenvalue weighted by Crippen LogP contribution is 2.29. The number of aromatic nitrogens is 1. The first-order chi connectivity index (χ1) is 14.6. The Morgan fingerprint density at radius 2 is 1.97 bits per heavy atom. The number of fused-ring (bicyclic) bond motifs is 2. The highest BCUT2D eigenvalue weighted by Gasteiger charge is 2.21. The van der Waals surface area contributed by atoms with Crippen LogP contribution in [0.2, 0.25) is 0 Å². The summed E-state index contributed by atoms with van der Waals surface area (Å²) in [5, 5.41) is 3.22. The fraction of sp³-hybridized carbons (Fsp3) is 0.348. The van der Waals surface area contributed by atoms with Crippen LogP contribution in [0.1, 0.15) is 12.0 Å². The number of piperazine rings is 1. The summed E-state index contributed by atoms with van der Waals surface area (Å²) in [5.74, 6) is -0.487. The first-order valence-electron chi connectivity index (χ1n) is 10.3. The van der Waals surface area contributed by atoms with Crippen molar-refractivity contribution in [3.63, 3.8) is 0 Å². The van der Waals surface area contributed by atoms with Crippen molar-refractivity contribution in [3.8, 4) is 0 Å². The minimum Gasteiger partial charge on any atom is -0.405 e. The van der Waals surface area contributed by atoms with Crippen LogP contribution in [0.5, 0.6) is 0 Å². The summed E-state index contributed by atoms with van der Waals surface area (Å²) in [6.07, 6.45) is 2.03. The van der Waals surface area contributed by atoms with E-state index in [4.69, 9.17) is 4.42 Å². The van der Waals surface area contributed by atoms with Gasteiger partial charge in [-0.1, -0.05) is 6.07 Å². The second-order valence-corrected chi connectivity index (χ2v) is 8.80. The summed E-state index contributed by atoms with van der Waals surface area (Å²) in [5.41, 5.74) is 3.75. The van der Waals surface area contributed by atoms with Crippen LogP contribution < -0.4 is 10.7 Å². The second kappa shape index (κ2) is 7.89. The molecule has 0 bridgehead atoms. The molecule has 1 saturated heterocycles. The van der Waals surface area contributed by atoms with Crippen LogP contribution in [0.3, 0.4) is 0 Å². The smallest absolute Gasteiger partial charge is 0.405 e. The summed E-state index contributed by atoms with van der Waals surface area (Å²) in [6, 6.07) is 11.0. The van der Waals surface area contributed by atoms with Gasteiger partial charge in [0.15, 0.2) is 5.58 Å². The van der Waals surface area contributed by atoms with Crippen molar-refractivity contribution in [2.45, 2.75) is 12.8 Å². The molecule has 1 aliphatic rings. The Labute approximate surface area is 177 Å². The van der Waals surface area contributed by atoms with Gasteiger partial charge >= 0.3 is 5.76 Å². The Bertz CT molecular complexity index is 1250. The summed E-state index contributed by atoms with van der Waals surface area (Å²) >= 11 is 1.69. The predicted octanol–water partition coefficient (Wildman–Crippen LogP) is 4.24. The Balaban J connectivity index is 1.19. The first kappa shape index (κ1) is 19.3. The van der Waals surface area contributed by atoms with Gasteiger partial charge in [-0.3, -0.25) is 9.47 Å². The monoisotopic (exact) mass is 425 g/mol. The predicted molar refractivity (Wildman–Crippen MR) is 120 cm³/mol. The van der Waals surface area contributed by atoms with E-state index in [0.29, 0.717) is 5.58 Å². The van der Waals surface area contributed by atoms with Crippen molar-refractivity contribution < 1.29 is 8.81 Å². The molecular formula is C23H24FN3O2S. The highest BCUT2D eigenvalue weighted by atomic mass is 32.1. The van der Waals surface area contributed by atoms with E-state index in [-0.39, 0.29) is 11.6 Å². The van der Waals surface area contributed by atoms with Crippen molar-refractivity contribution in [2.24, 2.45) is 7.05 Å². The molecule has 0 spiro atoms. The molecule has 5 nitrogen and oxygen atoms in total. The molecule has 0 saturated carbocycles. The van der Waals surface area contributed by atoms with Crippen molar-refractivity contribution >= 4 is 38.2 Å². The number of benzene rings is 2. The normalized spacial score (nSPS) is 15.5. The molecule has 5 rings (SSSR count). The molecule has 4 aromatic rings. The average Bonchev–Trinajstić information content (AvgIpc) is 3.29. The molecule has 3 heterocycles. The van der Waals surface area contributed by atoms with Gasteiger partial charge < -0.3 is 9.32 Å². The minimum atomic E-state index is -0.322. The summed E-state index contributed by atoms with van der Waals surface area (Å²) in [6.45, 7) is 4.80. The summed E-state index contributed by atoms with van der Waals surface area (Å²) in [4.78, 5) is 16.7. The van der Waals surface area contributed by atoms with Crippen LogP contribution in [0, 0.1) is 5.82 Å². The third-order valence-corrected chi connectivity index (χ3v) is 7.06. The van der Waals surface area contributed by atoms with E-state index >= 15 is 0 Å². The van der Waals surface area contributed by atoms with Crippen molar-refractivity contribution in [1.29, 1.82) is 0 Å². The van der Waals surface area contributed by atoms with E-state index in [1.54, 1.807) is 29.0 Å². The Kier molecular flexibility index (Phi) is 5.08. The van der Waals surface area contributed by atoms with Gasteiger partial charge in [0.25, 0.3) is 0 Å². The minimum absolute atomic E-state index is 0.164. The SMILES string of the molecule is Cn1c(=O)oc2c(N3CCN(CCCc4csc5ccc(F)cc45)CC3)cccc21. The lowest BCUT2D eigenvalue weighted by atomic mass is 10.1. The third-order valence-electron chi connectivity index (χ3n) is 6.05. The zero-order chi connectivity index (χ0) is 20.7. The van der Waals surface area contributed by atoms with Crippen LogP contribution in [-0.4, -0.2) is 42.2 Å². The van der Waals surface area contributed by atoms with Gasteiger partial charge in [-0.05, 0) is 66.0 Å². The number of hydrogen-bond acceptors (Lipinski definition) is 5. The second-order valence-electron chi connectivity index (χ2n) is 7.89. The number of oxazole rings is 1. The molecule has 0 unspecified atom stereocenters. The molecule has 1 aliphatic heterocycles. The molecule has 0 radical (unpaired) electrons. The van der Waals surface area contributed by atoms with Crippen LogP contribution in [0.4, 0.5) is 10.1 Å². The van der Waals surface area contributed by atoms with Crippen LogP contribution in [-0.2, 0) is 13.5 Å². The van der Waals surface area contributed by atoms with E-state index in [2.05, 4.69) is 15.2 Å². The van der Waals surface area contributed by atoms with Crippen LogP contribution in [0.15, 0.2) is 51.0 Å². The number of para-hydroxylation sites is 1. The van der Waals surface area contributed by atoms with Crippen molar-refractivity contribution in [2.75, 3.05) is 37.6 Å². The van der Waals surface area contributed by atoms with Gasteiger partial charge in [0.1, 0.15) is 5.82 Å². The Morgan fingerprint density at radius 1 is 1.13 bits per heavy atom. The number of hydrogen-bond donors (Lipinski definition) is 0. The lowest BCUT2D eigenvalue weighted by molar-refractivity contribution is 0.255. The molecule has 156 valence electrons. The molecule has 0 amide bonds. The molecular weight excluding hydrogens is 401 g/mol. The van der Waals surface area contributed by atoms with Gasteiger partial charge in [-0.25, -0.2) is 9.18 Å². The fourth-order valence-electron chi connectivity index (χ4n) is 4.34. The van der Waals surface area contributed by atoms with Gasteiger partial charge in [0, 0.05) is 37.9 Å². The largest absolute Gasteiger partial charge is 0.419 e. The van der Waals surface area contributed by atoms with E-state index < -0.39 is 0 Å². The van der Waals surface area contributed by atoms with E-state index in [1.165, 1.54) is 11.6 Å². The van der Waals surface area contributed by atoms with Crippen molar-refractivity contribution in [1.82, 2.24) is 9.47 Å². The standard InChI is InChI=1S/C23H24FN3O2S/c1-25-19-5-2-6-20(22(19)29-23(25)28)27-12-10-26(11-13-27)9-3-4-16-15-30-21-8-7-17(24)14-18(16)21/h2,5-8,14-15H,3-4,9-13H2,1H3. The Morgan fingerprint density at radius 3 is 2.80 bits per heavy atom. The maximum Gasteiger partial charge on any atom is 0.419 e.